The number of hydrogen-bond donors (Lipinski definition) is 0. The van der Waals surface area contributed by atoms with E-state index in [1.54, 1.807) is 14.2 Å². The van der Waals surface area contributed by atoms with Crippen molar-refractivity contribution in [1.29, 1.82) is 0 Å². The number of Topliss-reactive ketones (excluding diaryl/α,β-unsaturated/α-hetero) is 1. The van der Waals surface area contributed by atoms with E-state index in [4.69, 9.17) is 9.47 Å². The number of carbonyl (C=O) groups excluding carboxylic acids is 1. The molecule has 0 aromatic heterocycles. The SMILES string of the molecule is COC1(OC)C(=O)[C@@H]2C=C[C@H]1C[C@H]2c1ccccc1. The summed E-state index contributed by atoms with van der Waals surface area (Å²) in [5, 5.41) is 0. The first kappa shape index (κ1) is 12.6. The third-order valence-electron chi connectivity index (χ3n) is 4.46. The number of carbonyl (C=O) groups is 1. The molecule has 1 aromatic carbocycles. The average Bonchev–Trinajstić information content (AvgIpc) is 2.49. The molecule has 0 aliphatic heterocycles. The highest BCUT2D eigenvalue weighted by Gasteiger charge is 2.57. The molecular weight excluding hydrogens is 240 g/mol. The summed E-state index contributed by atoms with van der Waals surface area (Å²) in [5.74, 6) is -0.949. The Kier molecular flexibility index (Phi) is 3.03. The molecule has 1 fully saturated rings. The Bertz CT molecular complexity index is 502. The first-order chi connectivity index (χ1) is 9.23. The summed E-state index contributed by atoms with van der Waals surface area (Å²) in [6.07, 6.45) is 4.97. The first-order valence-electron chi connectivity index (χ1n) is 6.61. The van der Waals surface area contributed by atoms with Crippen LogP contribution >= 0.6 is 0 Å². The number of rotatable bonds is 3. The standard InChI is InChI=1S/C16H18O3/c1-18-16(19-2)12-8-9-13(15(16)17)14(10-12)11-6-4-3-5-7-11/h3-9,12-14H,10H2,1-2H3/t12-,13+,14-/m0/s1. The van der Waals surface area contributed by atoms with Crippen molar-refractivity contribution in [2.75, 3.05) is 14.2 Å². The maximum Gasteiger partial charge on any atom is 0.235 e. The van der Waals surface area contributed by atoms with Crippen molar-refractivity contribution in [3.63, 3.8) is 0 Å². The van der Waals surface area contributed by atoms with Crippen molar-refractivity contribution in [1.82, 2.24) is 0 Å². The van der Waals surface area contributed by atoms with Crippen LogP contribution in [0.5, 0.6) is 0 Å². The molecular formula is C16H18O3. The van der Waals surface area contributed by atoms with E-state index < -0.39 is 5.79 Å². The molecule has 0 heterocycles. The highest BCUT2D eigenvalue weighted by molar-refractivity contribution is 5.93. The van der Waals surface area contributed by atoms with Crippen molar-refractivity contribution < 1.29 is 14.3 Å². The van der Waals surface area contributed by atoms with Gasteiger partial charge in [0.1, 0.15) is 0 Å². The largest absolute Gasteiger partial charge is 0.347 e. The highest BCUT2D eigenvalue weighted by Crippen LogP contribution is 2.49. The molecule has 3 atom stereocenters. The summed E-state index contributed by atoms with van der Waals surface area (Å²) < 4.78 is 10.9. The average molecular weight is 258 g/mol. The highest BCUT2D eigenvalue weighted by atomic mass is 16.7. The number of ketones is 1. The Morgan fingerprint density at radius 3 is 2.37 bits per heavy atom. The van der Waals surface area contributed by atoms with Crippen LogP contribution in [0.2, 0.25) is 0 Å². The summed E-state index contributed by atoms with van der Waals surface area (Å²) >= 11 is 0. The zero-order chi connectivity index (χ0) is 13.5. The van der Waals surface area contributed by atoms with Gasteiger partial charge < -0.3 is 9.47 Å². The third-order valence-corrected chi connectivity index (χ3v) is 4.46. The van der Waals surface area contributed by atoms with E-state index in [0.29, 0.717) is 0 Å². The second kappa shape index (κ2) is 4.58. The molecule has 0 radical (unpaired) electrons. The number of hydrogen-bond acceptors (Lipinski definition) is 3. The van der Waals surface area contributed by atoms with Crippen LogP contribution in [0.25, 0.3) is 0 Å². The zero-order valence-corrected chi connectivity index (χ0v) is 11.2. The monoisotopic (exact) mass is 258 g/mol. The van der Waals surface area contributed by atoms with Gasteiger partial charge in [-0.1, -0.05) is 42.5 Å². The van der Waals surface area contributed by atoms with Crippen LogP contribution in [0, 0.1) is 11.8 Å². The maximum absolute atomic E-state index is 12.7. The molecule has 0 saturated heterocycles. The molecule has 19 heavy (non-hydrogen) atoms. The lowest BCUT2D eigenvalue weighted by atomic mass is 9.63. The van der Waals surface area contributed by atoms with E-state index in [0.717, 1.165) is 6.42 Å². The minimum Gasteiger partial charge on any atom is -0.347 e. The van der Waals surface area contributed by atoms with Gasteiger partial charge in [0.25, 0.3) is 0 Å². The Morgan fingerprint density at radius 2 is 1.79 bits per heavy atom. The molecule has 100 valence electrons. The van der Waals surface area contributed by atoms with Crippen LogP contribution in [0.1, 0.15) is 17.9 Å². The normalized spacial score (nSPS) is 31.7. The van der Waals surface area contributed by atoms with E-state index in [2.05, 4.69) is 18.2 Å². The molecule has 3 aliphatic rings. The van der Waals surface area contributed by atoms with Crippen molar-refractivity contribution in [2.24, 2.45) is 11.8 Å². The lowest BCUT2D eigenvalue weighted by Crippen LogP contribution is -2.58. The summed E-state index contributed by atoms with van der Waals surface area (Å²) in [6, 6.07) is 10.2. The summed E-state index contributed by atoms with van der Waals surface area (Å²) in [6.45, 7) is 0. The predicted octanol–water partition coefficient (Wildman–Crippen LogP) is 2.53. The van der Waals surface area contributed by atoms with Crippen molar-refractivity contribution in [2.45, 2.75) is 18.1 Å². The van der Waals surface area contributed by atoms with Gasteiger partial charge in [-0.2, -0.15) is 0 Å². The van der Waals surface area contributed by atoms with Gasteiger partial charge in [-0.05, 0) is 17.9 Å². The van der Waals surface area contributed by atoms with E-state index in [9.17, 15) is 4.79 Å². The number of fused-ring (bicyclic) bond motifs is 2. The van der Waals surface area contributed by atoms with Crippen LogP contribution in [0.4, 0.5) is 0 Å². The second-order valence-electron chi connectivity index (χ2n) is 5.21. The molecule has 3 nitrogen and oxygen atoms in total. The fraction of sp³-hybridized carbons (Fsp3) is 0.438. The molecule has 0 N–H and O–H groups in total. The fourth-order valence-corrected chi connectivity index (χ4v) is 3.48. The third kappa shape index (κ3) is 1.69. The van der Waals surface area contributed by atoms with Gasteiger partial charge in [0.2, 0.25) is 5.79 Å². The van der Waals surface area contributed by atoms with Gasteiger partial charge in [-0.15, -0.1) is 0 Å². The van der Waals surface area contributed by atoms with Crippen molar-refractivity contribution >= 4 is 5.78 Å². The number of allylic oxidation sites excluding steroid dienone is 1. The molecule has 1 saturated carbocycles. The second-order valence-corrected chi connectivity index (χ2v) is 5.21. The summed E-state index contributed by atoms with van der Waals surface area (Å²) in [5.41, 5.74) is 1.22. The van der Waals surface area contributed by atoms with E-state index >= 15 is 0 Å². The van der Waals surface area contributed by atoms with Crippen molar-refractivity contribution in [3.05, 3.63) is 48.0 Å². The smallest absolute Gasteiger partial charge is 0.235 e. The molecule has 3 heteroatoms. The summed E-state index contributed by atoms with van der Waals surface area (Å²) in [4.78, 5) is 12.7. The predicted molar refractivity (Wildman–Crippen MR) is 71.7 cm³/mol. The van der Waals surface area contributed by atoms with Crippen LogP contribution in [-0.2, 0) is 14.3 Å². The van der Waals surface area contributed by atoms with E-state index in [-0.39, 0.29) is 23.5 Å². The topological polar surface area (TPSA) is 35.5 Å². The molecule has 4 rings (SSSR count). The minimum atomic E-state index is -1.08. The molecule has 3 aliphatic carbocycles. The minimum absolute atomic E-state index is 0.00907. The Hall–Kier alpha value is -1.45. The Labute approximate surface area is 113 Å². The molecule has 1 aromatic rings. The van der Waals surface area contributed by atoms with Gasteiger partial charge in [0.05, 0.1) is 0 Å². The Morgan fingerprint density at radius 1 is 1.11 bits per heavy atom. The Balaban J connectivity index is 1.98. The molecule has 0 spiro atoms. The number of ether oxygens (including phenoxy) is 2. The molecule has 2 bridgehead atoms. The molecule has 0 unspecified atom stereocenters. The van der Waals surface area contributed by atoms with Crippen LogP contribution in [0.15, 0.2) is 42.5 Å². The first-order valence-corrected chi connectivity index (χ1v) is 6.61. The zero-order valence-electron chi connectivity index (χ0n) is 11.2. The van der Waals surface area contributed by atoms with Gasteiger partial charge in [0.15, 0.2) is 5.78 Å². The quantitative estimate of drug-likeness (QED) is 0.617. The van der Waals surface area contributed by atoms with E-state index in [1.165, 1.54) is 5.56 Å². The number of benzene rings is 1. The van der Waals surface area contributed by atoms with Crippen LogP contribution in [-0.4, -0.2) is 25.8 Å². The fourth-order valence-electron chi connectivity index (χ4n) is 3.48. The van der Waals surface area contributed by atoms with Crippen LogP contribution in [0.3, 0.4) is 0 Å². The molecule has 0 amide bonds. The van der Waals surface area contributed by atoms with Crippen molar-refractivity contribution in [3.8, 4) is 0 Å². The van der Waals surface area contributed by atoms with Gasteiger partial charge in [0, 0.05) is 26.1 Å². The van der Waals surface area contributed by atoms with Crippen LogP contribution < -0.4 is 0 Å². The number of methoxy groups -OCH3 is 2. The lowest BCUT2D eigenvalue weighted by Gasteiger charge is -2.48. The maximum atomic E-state index is 12.7. The van der Waals surface area contributed by atoms with E-state index in [1.807, 2.05) is 24.3 Å². The summed E-state index contributed by atoms with van der Waals surface area (Å²) in [7, 11) is 3.10. The van der Waals surface area contributed by atoms with Gasteiger partial charge in [-0.3, -0.25) is 4.79 Å². The van der Waals surface area contributed by atoms with Gasteiger partial charge >= 0.3 is 0 Å². The van der Waals surface area contributed by atoms with Gasteiger partial charge in [-0.25, -0.2) is 0 Å². The lowest BCUT2D eigenvalue weighted by molar-refractivity contribution is -0.237.